The van der Waals surface area contributed by atoms with Gasteiger partial charge in [0.2, 0.25) is 0 Å². The fraction of sp³-hybridized carbons (Fsp3) is 0.500. The maximum absolute atomic E-state index is 13.3. The van der Waals surface area contributed by atoms with E-state index in [0.717, 1.165) is 32.0 Å². The molecular formula is C12H15F3N2. The van der Waals surface area contributed by atoms with Gasteiger partial charge in [0.25, 0.3) is 0 Å². The highest BCUT2D eigenvalue weighted by atomic mass is 19.2. The van der Waals surface area contributed by atoms with E-state index in [9.17, 15) is 13.2 Å². The van der Waals surface area contributed by atoms with Gasteiger partial charge < -0.3 is 0 Å². The van der Waals surface area contributed by atoms with Crippen LogP contribution in [0.3, 0.4) is 0 Å². The first kappa shape index (κ1) is 12.4. The summed E-state index contributed by atoms with van der Waals surface area (Å²) in [4.78, 5) is 0. The number of benzene rings is 1. The Balaban J connectivity index is 1.96. The maximum Gasteiger partial charge on any atom is 0.161 e. The Morgan fingerprint density at radius 2 is 1.59 bits per heavy atom. The minimum atomic E-state index is -1.15. The summed E-state index contributed by atoms with van der Waals surface area (Å²) in [6, 6.07) is 1.49. The molecule has 0 saturated carbocycles. The number of nitrogens with one attached hydrogen (secondary N) is 1. The second-order valence-corrected chi connectivity index (χ2v) is 4.24. The van der Waals surface area contributed by atoms with Crippen LogP contribution in [-0.2, 0) is 6.54 Å². The number of halogens is 3. The first-order chi connectivity index (χ1) is 8.16. The molecule has 0 radical (unpaired) electrons. The van der Waals surface area contributed by atoms with Crippen LogP contribution < -0.4 is 5.43 Å². The molecule has 5 heteroatoms. The Morgan fingerprint density at radius 1 is 0.941 bits per heavy atom. The predicted octanol–water partition coefficient (Wildman–Crippen LogP) is 2.59. The largest absolute Gasteiger partial charge is 0.251 e. The molecule has 0 spiro atoms. The van der Waals surface area contributed by atoms with Crippen LogP contribution in [0.15, 0.2) is 12.1 Å². The molecule has 1 aromatic carbocycles. The number of hydrazine groups is 1. The van der Waals surface area contributed by atoms with Crippen molar-refractivity contribution in [3.63, 3.8) is 0 Å². The van der Waals surface area contributed by atoms with Crippen molar-refractivity contribution in [2.75, 3.05) is 13.1 Å². The van der Waals surface area contributed by atoms with E-state index in [1.54, 1.807) is 0 Å². The van der Waals surface area contributed by atoms with Crippen LogP contribution in [0.2, 0.25) is 0 Å². The van der Waals surface area contributed by atoms with E-state index in [1.165, 1.54) is 6.42 Å². The van der Waals surface area contributed by atoms with Crippen molar-refractivity contribution < 1.29 is 13.2 Å². The lowest BCUT2D eigenvalue weighted by Crippen LogP contribution is -2.41. The minimum absolute atomic E-state index is 0.148. The van der Waals surface area contributed by atoms with Gasteiger partial charge in [-0.15, -0.1) is 0 Å². The zero-order chi connectivity index (χ0) is 12.3. The van der Waals surface area contributed by atoms with Gasteiger partial charge in [0.05, 0.1) is 0 Å². The van der Waals surface area contributed by atoms with Crippen molar-refractivity contribution in [3.05, 3.63) is 35.1 Å². The Hall–Kier alpha value is -1.07. The van der Waals surface area contributed by atoms with Gasteiger partial charge in [0.1, 0.15) is 5.82 Å². The first-order valence-corrected chi connectivity index (χ1v) is 5.78. The summed E-state index contributed by atoms with van der Waals surface area (Å²) in [6.45, 7) is 2.00. The van der Waals surface area contributed by atoms with Crippen molar-refractivity contribution in [1.82, 2.24) is 10.4 Å². The third-order valence-electron chi connectivity index (χ3n) is 2.94. The topological polar surface area (TPSA) is 15.3 Å². The summed E-state index contributed by atoms with van der Waals surface area (Å²) in [5.74, 6) is -2.88. The second-order valence-electron chi connectivity index (χ2n) is 4.24. The standard InChI is InChI=1S/C12H15F3N2/c13-10-7-12(15)11(14)6-9(10)8-16-17-4-2-1-3-5-17/h6-7,16H,1-5,8H2. The number of piperidine rings is 1. The Labute approximate surface area is 98.4 Å². The quantitative estimate of drug-likeness (QED) is 0.822. The lowest BCUT2D eigenvalue weighted by atomic mass is 10.1. The van der Waals surface area contributed by atoms with Crippen LogP contribution in [0.5, 0.6) is 0 Å². The molecule has 1 aliphatic heterocycles. The summed E-state index contributed by atoms with van der Waals surface area (Å²) in [5, 5.41) is 1.99. The van der Waals surface area contributed by atoms with Gasteiger partial charge in [-0.2, -0.15) is 0 Å². The van der Waals surface area contributed by atoms with Crippen LogP contribution in [-0.4, -0.2) is 18.1 Å². The fourth-order valence-corrected chi connectivity index (χ4v) is 1.95. The molecule has 0 bridgehead atoms. The van der Waals surface area contributed by atoms with Crippen molar-refractivity contribution in [2.24, 2.45) is 0 Å². The maximum atomic E-state index is 13.3. The van der Waals surface area contributed by atoms with E-state index in [2.05, 4.69) is 5.43 Å². The Kier molecular flexibility index (Phi) is 4.02. The molecule has 17 heavy (non-hydrogen) atoms. The van der Waals surface area contributed by atoms with Gasteiger partial charge in [0.15, 0.2) is 11.6 Å². The molecule has 0 amide bonds. The van der Waals surface area contributed by atoms with E-state index in [-0.39, 0.29) is 12.1 Å². The van der Waals surface area contributed by atoms with E-state index < -0.39 is 17.5 Å². The number of hydrogen-bond donors (Lipinski definition) is 1. The molecule has 2 nitrogen and oxygen atoms in total. The van der Waals surface area contributed by atoms with Gasteiger partial charge in [-0.05, 0) is 18.9 Å². The molecule has 0 atom stereocenters. The molecule has 2 rings (SSSR count). The van der Waals surface area contributed by atoms with Crippen molar-refractivity contribution in [3.8, 4) is 0 Å². The monoisotopic (exact) mass is 244 g/mol. The van der Waals surface area contributed by atoms with E-state index in [4.69, 9.17) is 0 Å². The molecular weight excluding hydrogens is 229 g/mol. The van der Waals surface area contributed by atoms with E-state index in [0.29, 0.717) is 6.07 Å². The molecule has 1 aromatic rings. The van der Waals surface area contributed by atoms with Crippen LogP contribution in [0.1, 0.15) is 24.8 Å². The zero-order valence-electron chi connectivity index (χ0n) is 9.48. The molecule has 94 valence electrons. The van der Waals surface area contributed by atoms with Crippen LogP contribution in [0.25, 0.3) is 0 Å². The minimum Gasteiger partial charge on any atom is -0.251 e. The molecule has 0 aromatic heterocycles. The van der Waals surface area contributed by atoms with Crippen LogP contribution >= 0.6 is 0 Å². The number of hydrogen-bond acceptors (Lipinski definition) is 2. The third-order valence-corrected chi connectivity index (χ3v) is 2.94. The highest BCUT2D eigenvalue weighted by molar-refractivity contribution is 5.19. The smallest absolute Gasteiger partial charge is 0.161 e. The van der Waals surface area contributed by atoms with Gasteiger partial charge in [0, 0.05) is 31.3 Å². The van der Waals surface area contributed by atoms with Crippen molar-refractivity contribution >= 4 is 0 Å². The molecule has 1 saturated heterocycles. The second kappa shape index (κ2) is 5.51. The SMILES string of the molecule is Fc1cc(F)c(CNN2CCCCC2)cc1F. The fourth-order valence-electron chi connectivity index (χ4n) is 1.95. The summed E-state index contributed by atoms with van der Waals surface area (Å²) in [6.07, 6.45) is 3.41. The van der Waals surface area contributed by atoms with E-state index in [1.807, 2.05) is 5.01 Å². The Bertz CT molecular complexity index is 390. The van der Waals surface area contributed by atoms with Gasteiger partial charge in [-0.3, -0.25) is 5.43 Å². The molecule has 0 aliphatic carbocycles. The third kappa shape index (κ3) is 3.20. The number of rotatable bonds is 3. The molecule has 1 heterocycles. The molecule has 1 N–H and O–H groups in total. The van der Waals surface area contributed by atoms with Gasteiger partial charge in [-0.1, -0.05) is 6.42 Å². The normalized spacial score (nSPS) is 17.4. The average molecular weight is 244 g/mol. The highest BCUT2D eigenvalue weighted by Gasteiger charge is 2.12. The lowest BCUT2D eigenvalue weighted by molar-refractivity contribution is 0.150. The highest BCUT2D eigenvalue weighted by Crippen LogP contribution is 2.14. The predicted molar refractivity (Wildman–Crippen MR) is 58.6 cm³/mol. The summed E-state index contributed by atoms with van der Waals surface area (Å²) < 4.78 is 39.0. The van der Waals surface area contributed by atoms with Gasteiger partial charge >= 0.3 is 0 Å². The van der Waals surface area contributed by atoms with Crippen LogP contribution in [0, 0.1) is 17.5 Å². The van der Waals surface area contributed by atoms with Crippen LogP contribution in [0.4, 0.5) is 13.2 Å². The van der Waals surface area contributed by atoms with Gasteiger partial charge in [-0.25, -0.2) is 18.2 Å². The molecule has 0 unspecified atom stereocenters. The first-order valence-electron chi connectivity index (χ1n) is 5.78. The summed E-state index contributed by atoms with van der Waals surface area (Å²) in [5.41, 5.74) is 3.18. The molecule has 1 fully saturated rings. The Morgan fingerprint density at radius 3 is 2.29 bits per heavy atom. The van der Waals surface area contributed by atoms with E-state index >= 15 is 0 Å². The van der Waals surface area contributed by atoms with Crippen molar-refractivity contribution in [1.29, 1.82) is 0 Å². The zero-order valence-corrected chi connectivity index (χ0v) is 9.48. The lowest BCUT2D eigenvalue weighted by Gasteiger charge is -2.27. The number of nitrogens with zero attached hydrogens (tertiary/aromatic N) is 1. The molecule has 1 aliphatic rings. The summed E-state index contributed by atoms with van der Waals surface area (Å²) >= 11 is 0. The average Bonchev–Trinajstić information content (AvgIpc) is 2.33. The van der Waals surface area contributed by atoms with Crippen molar-refractivity contribution in [2.45, 2.75) is 25.8 Å². The summed E-state index contributed by atoms with van der Waals surface area (Å²) in [7, 11) is 0.